The number of ether oxygens (including phenoxy) is 3. The van der Waals surface area contributed by atoms with Gasteiger partial charge in [0, 0.05) is 0 Å². The highest BCUT2D eigenvalue weighted by Crippen LogP contribution is 2.68. The molecule has 1 rings (SSSR count). The van der Waals surface area contributed by atoms with Gasteiger partial charge in [-0.15, -0.1) is 0 Å². The van der Waals surface area contributed by atoms with Crippen molar-refractivity contribution in [3.8, 4) is 0 Å². The van der Waals surface area contributed by atoms with E-state index in [1.165, 1.54) is 14.2 Å². The molecule has 0 aromatic rings. The van der Waals surface area contributed by atoms with E-state index >= 15 is 4.39 Å². The van der Waals surface area contributed by atoms with Crippen LogP contribution < -0.4 is 0 Å². The van der Waals surface area contributed by atoms with Gasteiger partial charge in [-0.25, -0.2) is 4.39 Å². The molecule has 3 atom stereocenters. The molecule has 35 heteroatoms. The Labute approximate surface area is 258 Å². The summed E-state index contributed by atoms with van der Waals surface area (Å²) in [4.78, 5) is 0. The quantitative estimate of drug-likeness (QED) is 0.249. The Morgan fingerprint density at radius 3 is 0.673 bits per heavy atom. The molecule has 0 spiro atoms. The van der Waals surface area contributed by atoms with E-state index in [1.54, 1.807) is 0 Å². The van der Waals surface area contributed by atoms with Crippen LogP contribution in [0, 0.1) is 0 Å². The first-order chi connectivity index (χ1) is 21.9. The molecular formula is C17H2F32O3. The van der Waals surface area contributed by atoms with Gasteiger partial charge in [-0.1, -0.05) is 0 Å². The molecule has 0 heterocycles. The van der Waals surface area contributed by atoms with E-state index in [0.717, 1.165) is 0 Å². The summed E-state index contributed by atoms with van der Waals surface area (Å²) in [6.07, 6.45) is -95.7. The van der Waals surface area contributed by atoms with Crippen molar-refractivity contribution in [3.63, 3.8) is 0 Å². The molecule has 1 saturated carbocycles. The third-order valence-corrected chi connectivity index (χ3v) is 6.35. The van der Waals surface area contributed by atoms with E-state index in [2.05, 4.69) is 0 Å². The Hall–Kier alpha value is -2.36. The molecule has 0 radical (unpaired) electrons. The topological polar surface area (TPSA) is 27.7 Å². The van der Waals surface area contributed by atoms with Gasteiger partial charge < -0.3 is 14.2 Å². The van der Waals surface area contributed by atoms with Crippen LogP contribution in [0.3, 0.4) is 0 Å². The van der Waals surface area contributed by atoms with Crippen molar-refractivity contribution in [3.05, 3.63) is 0 Å². The summed E-state index contributed by atoms with van der Waals surface area (Å²) < 4.78 is 438. The zero-order valence-corrected chi connectivity index (χ0v) is 22.0. The van der Waals surface area contributed by atoms with Gasteiger partial charge >= 0.3 is 90.1 Å². The van der Waals surface area contributed by atoms with Gasteiger partial charge in [0.15, 0.2) is 12.2 Å². The molecule has 1 fully saturated rings. The minimum Gasteiger partial charge on any atom is -0.338 e. The predicted molar refractivity (Wildman–Crippen MR) is 87.3 cm³/mol. The van der Waals surface area contributed by atoms with E-state index in [4.69, 9.17) is 0 Å². The standard InChI is InChI=1S/C17H2F32O3/c18-3(19)1(50-5(9(23,24)25,10(26,27)28)11(29,30)31)2(51-6(12(32,33)34,13(35,36)37)14(38,39)40)4(20,8(3,21)22)52-7(15(41,42)43,16(44,45)46)17(47,48)49/h1-2H/t1-,2+,4?/m1/s1. The van der Waals surface area contributed by atoms with Crippen LogP contribution in [0.15, 0.2) is 0 Å². The number of alkyl halides is 32. The lowest BCUT2D eigenvalue weighted by molar-refractivity contribution is -0.521. The van der Waals surface area contributed by atoms with Crippen molar-refractivity contribution in [1.82, 2.24) is 0 Å². The highest BCUT2D eigenvalue weighted by atomic mass is 19.5. The zero-order chi connectivity index (χ0) is 42.8. The highest BCUT2D eigenvalue weighted by Gasteiger charge is 2.98. The molecule has 1 aliphatic carbocycles. The molecule has 0 amide bonds. The van der Waals surface area contributed by atoms with E-state index in [-0.39, 0.29) is 0 Å². The van der Waals surface area contributed by atoms with Crippen molar-refractivity contribution in [2.24, 2.45) is 0 Å². The molecular weight excluding hydrogens is 860 g/mol. The normalized spacial score (nSPS) is 25.2. The van der Waals surface area contributed by atoms with Gasteiger partial charge in [-0.3, -0.25) is 0 Å². The van der Waals surface area contributed by atoms with Gasteiger partial charge in [0.25, 0.3) is 0 Å². The first kappa shape index (κ1) is 47.7. The molecule has 1 aliphatic rings. The lowest BCUT2D eigenvalue weighted by Gasteiger charge is -2.46. The SMILES string of the molecule is FC(F)(F)C(O[C@@H]1[C@H](OC(C(F)(F)F)(C(F)(F)F)C(F)(F)F)C(F)(OC(C(F)(F)F)(C(F)(F)F)C(F)(F)F)C(F)(F)C1(F)F)(C(F)(F)F)C(F)(F)F. The van der Waals surface area contributed by atoms with Crippen LogP contribution >= 0.6 is 0 Å². The monoisotopic (exact) mass is 862 g/mol. The number of rotatable bonds is 6. The summed E-state index contributed by atoms with van der Waals surface area (Å²) in [5.74, 6) is -27.0. The maximum Gasteiger partial charge on any atom is 0.435 e. The number of halogens is 32. The smallest absolute Gasteiger partial charge is 0.338 e. The average Bonchev–Trinajstić information content (AvgIpc) is 2.85. The summed E-state index contributed by atoms with van der Waals surface area (Å²) in [7, 11) is 0. The maximum absolute atomic E-state index is 15.6. The van der Waals surface area contributed by atoms with E-state index in [0.29, 0.717) is 0 Å². The third kappa shape index (κ3) is 6.26. The van der Waals surface area contributed by atoms with Crippen LogP contribution in [0.4, 0.5) is 140 Å². The third-order valence-electron chi connectivity index (χ3n) is 6.35. The second kappa shape index (κ2) is 11.8. The molecule has 0 aromatic heterocycles. The molecule has 0 bridgehead atoms. The highest BCUT2D eigenvalue weighted by molar-refractivity contribution is 5.22. The predicted octanol–water partition coefficient (Wildman–Crippen LogP) is 10.0. The van der Waals surface area contributed by atoms with E-state index < -0.39 is 102 Å². The fourth-order valence-corrected chi connectivity index (χ4v) is 3.99. The molecule has 312 valence electrons. The Morgan fingerprint density at radius 1 is 0.288 bits per heavy atom. The van der Waals surface area contributed by atoms with Gasteiger partial charge in [0.1, 0.15) is 0 Å². The molecule has 0 N–H and O–H groups in total. The Kier molecular flexibility index (Phi) is 10.8. The fraction of sp³-hybridized carbons (Fsp3) is 1.00. The van der Waals surface area contributed by atoms with E-state index in [1.807, 2.05) is 0 Å². The maximum atomic E-state index is 15.6. The first-order valence-corrected chi connectivity index (χ1v) is 11.0. The van der Waals surface area contributed by atoms with Crippen LogP contribution in [-0.2, 0) is 14.2 Å². The molecule has 0 aromatic carbocycles. The Balaban J connectivity index is 4.91. The second-order valence-corrected chi connectivity index (χ2v) is 9.54. The van der Waals surface area contributed by atoms with Gasteiger partial charge in [-0.2, -0.15) is 136 Å². The summed E-state index contributed by atoms with van der Waals surface area (Å²) >= 11 is 0. The first-order valence-electron chi connectivity index (χ1n) is 11.0. The molecule has 52 heavy (non-hydrogen) atoms. The second-order valence-electron chi connectivity index (χ2n) is 9.54. The van der Waals surface area contributed by atoms with E-state index in [9.17, 15) is 136 Å². The van der Waals surface area contributed by atoms with Gasteiger partial charge in [-0.05, 0) is 0 Å². The zero-order valence-electron chi connectivity index (χ0n) is 22.0. The molecule has 0 saturated heterocycles. The molecule has 3 nitrogen and oxygen atoms in total. The summed E-state index contributed by atoms with van der Waals surface area (Å²) in [5.41, 5.74) is -27.5. The molecule has 0 aliphatic heterocycles. The van der Waals surface area contributed by atoms with Crippen LogP contribution in [0.2, 0.25) is 0 Å². The van der Waals surface area contributed by atoms with Crippen LogP contribution in [0.1, 0.15) is 0 Å². The number of hydrogen-bond acceptors (Lipinski definition) is 3. The minimum absolute atomic E-state index is 1.21. The summed E-state index contributed by atoms with van der Waals surface area (Å²) in [5, 5.41) is 0. The van der Waals surface area contributed by atoms with Crippen LogP contribution in [-0.4, -0.2) is 102 Å². The van der Waals surface area contributed by atoms with Crippen LogP contribution in [0.5, 0.6) is 0 Å². The van der Waals surface area contributed by atoms with Crippen molar-refractivity contribution in [1.29, 1.82) is 0 Å². The lowest BCUT2D eigenvalue weighted by Crippen LogP contribution is -2.75. The van der Waals surface area contributed by atoms with Gasteiger partial charge in [0.2, 0.25) is 0 Å². The van der Waals surface area contributed by atoms with Gasteiger partial charge in [0.05, 0.1) is 0 Å². The Morgan fingerprint density at radius 2 is 0.481 bits per heavy atom. The summed E-state index contributed by atoms with van der Waals surface area (Å²) in [6, 6.07) is 0. The van der Waals surface area contributed by atoms with Crippen LogP contribution in [0.25, 0.3) is 0 Å². The minimum atomic E-state index is -9.26. The Bertz CT molecular complexity index is 1170. The largest absolute Gasteiger partial charge is 0.435 e. The average molecular weight is 862 g/mol. The van der Waals surface area contributed by atoms with Crippen molar-refractivity contribution >= 4 is 0 Å². The van der Waals surface area contributed by atoms with Crippen molar-refractivity contribution < 1.29 is 155 Å². The summed E-state index contributed by atoms with van der Waals surface area (Å²) in [6.45, 7) is 0. The lowest BCUT2D eigenvalue weighted by atomic mass is 9.97. The van der Waals surface area contributed by atoms with Crippen molar-refractivity contribution in [2.75, 3.05) is 0 Å². The van der Waals surface area contributed by atoms with Crippen molar-refractivity contribution in [2.45, 2.75) is 102 Å². The molecule has 1 unspecified atom stereocenters. The fourth-order valence-electron chi connectivity index (χ4n) is 3.99. The number of hydrogen-bond donors (Lipinski definition) is 0.